The minimum Gasteiger partial charge on any atom is -0.508 e. The fraction of sp³-hybridized carbons (Fsp3) is 0.571. The van der Waals surface area contributed by atoms with Gasteiger partial charge in [0.15, 0.2) is 0 Å². The molecule has 2 rings (SSSR count). The molecule has 0 spiro atoms. The Morgan fingerprint density at radius 1 is 1.12 bits per heavy atom. The zero-order valence-electron chi connectivity index (χ0n) is 10.4. The molecule has 1 fully saturated rings. The van der Waals surface area contributed by atoms with Crippen molar-refractivity contribution in [1.82, 2.24) is 0 Å². The van der Waals surface area contributed by atoms with Gasteiger partial charge in [-0.25, -0.2) is 0 Å². The summed E-state index contributed by atoms with van der Waals surface area (Å²) in [6, 6.07) is 4.96. The number of phenols is 1. The molecule has 0 radical (unpaired) electrons. The summed E-state index contributed by atoms with van der Waals surface area (Å²) in [5.41, 5.74) is 0.686. The fourth-order valence-electron chi connectivity index (χ4n) is 1.86. The van der Waals surface area contributed by atoms with Crippen LogP contribution in [0, 0.1) is 0 Å². The van der Waals surface area contributed by atoms with Gasteiger partial charge < -0.3 is 9.84 Å². The molecule has 96 valence electrons. The van der Waals surface area contributed by atoms with Crippen LogP contribution in [0.1, 0.15) is 44.1 Å². The standard InChI is InChI=1S/C8H9ClO2.C6H12/c1-11-7-2-3-8(10)6(4-7)5-9;1-2-4-6-5-3-1/h2-4,10H,5H2,1H3;1-6H2. The molecular formula is C14H21ClO2. The number of halogens is 1. The molecule has 17 heavy (non-hydrogen) atoms. The second-order valence-electron chi connectivity index (χ2n) is 4.25. The van der Waals surface area contributed by atoms with E-state index in [0.29, 0.717) is 17.2 Å². The first kappa shape index (κ1) is 14.2. The first-order valence-corrected chi connectivity index (χ1v) is 6.73. The monoisotopic (exact) mass is 256 g/mol. The first-order valence-electron chi connectivity index (χ1n) is 6.19. The highest BCUT2D eigenvalue weighted by atomic mass is 35.5. The highest BCUT2D eigenvalue weighted by Crippen LogP contribution is 2.23. The van der Waals surface area contributed by atoms with E-state index in [1.165, 1.54) is 38.5 Å². The van der Waals surface area contributed by atoms with Crippen molar-refractivity contribution in [2.24, 2.45) is 0 Å². The molecule has 1 N–H and O–H groups in total. The maximum absolute atomic E-state index is 9.19. The highest BCUT2D eigenvalue weighted by Gasteiger charge is 2.00. The molecule has 0 aliphatic heterocycles. The molecule has 0 atom stereocenters. The van der Waals surface area contributed by atoms with E-state index in [9.17, 15) is 5.11 Å². The van der Waals surface area contributed by atoms with Crippen molar-refractivity contribution < 1.29 is 9.84 Å². The Morgan fingerprint density at radius 2 is 1.65 bits per heavy atom. The van der Waals surface area contributed by atoms with Gasteiger partial charge in [0.2, 0.25) is 0 Å². The second-order valence-corrected chi connectivity index (χ2v) is 4.52. The Balaban J connectivity index is 0.000000202. The fourth-order valence-corrected chi connectivity index (χ4v) is 2.07. The van der Waals surface area contributed by atoms with Crippen LogP contribution < -0.4 is 4.74 Å². The maximum Gasteiger partial charge on any atom is 0.120 e. The lowest BCUT2D eigenvalue weighted by molar-refractivity contribution is 0.411. The number of phenolic OH excluding ortho intramolecular Hbond substituents is 1. The summed E-state index contributed by atoms with van der Waals surface area (Å²) >= 11 is 5.55. The van der Waals surface area contributed by atoms with Crippen LogP contribution >= 0.6 is 11.6 Å². The van der Waals surface area contributed by atoms with Crippen molar-refractivity contribution in [3.05, 3.63) is 23.8 Å². The number of rotatable bonds is 2. The van der Waals surface area contributed by atoms with E-state index in [-0.39, 0.29) is 5.75 Å². The Morgan fingerprint density at radius 3 is 2.06 bits per heavy atom. The van der Waals surface area contributed by atoms with Crippen LogP contribution in [0.2, 0.25) is 0 Å². The minimum atomic E-state index is 0.209. The Hall–Kier alpha value is -0.890. The molecule has 1 aromatic rings. The summed E-state index contributed by atoms with van der Waals surface area (Å²) in [5, 5.41) is 9.19. The van der Waals surface area contributed by atoms with Crippen molar-refractivity contribution in [3.63, 3.8) is 0 Å². The molecule has 3 heteroatoms. The number of methoxy groups -OCH3 is 1. The van der Waals surface area contributed by atoms with E-state index >= 15 is 0 Å². The number of hydrogen-bond acceptors (Lipinski definition) is 2. The van der Waals surface area contributed by atoms with E-state index < -0.39 is 0 Å². The van der Waals surface area contributed by atoms with Gasteiger partial charge in [-0.15, -0.1) is 11.6 Å². The third kappa shape index (κ3) is 5.31. The van der Waals surface area contributed by atoms with Gasteiger partial charge in [-0.2, -0.15) is 0 Å². The average Bonchev–Trinajstić information content (AvgIpc) is 2.42. The van der Waals surface area contributed by atoms with Crippen molar-refractivity contribution in [3.8, 4) is 11.5 Å². The summed E-state index contributed by atoms with van der Waals surface area (Å²) in [4.78, 5) is 0. The predicted octanol–water partition coefficient (Wildman–Crippen LogP) is 4.48. The van der Waals surface area contributed by atoms with Crippen molar-refractivity contribution in [2.45, 2.75) is 44.4 Å². The smallest absolute Gasteiger partial charge is 0.120 e. The molecular weight excluding hydrogens is 236 g/mol. The van der Waals surface area contributed by atoms with Gasteiger partial charge in [-0.05, 0) is 18.2 Å². The number of aromatic hydroxyl groups is 1. The second kappa shape index (κ2) is 8.24. The van der Waals surface area contributed by atoms with Crippen LogP contribution in [0.5, 0.6) is 11.5 Å². The molecule has 1 aliphatic rings. The molecule has 1 saturated carbocycles. The lowest BCUT2D eigenvalue weighted by Gasteiger charge is -2.05. The molecule has 0 amide bonds. The lowest BCUT2D eigenvalue weighted by atomic mass is 10.0. The Labute approximate surface area is 109 Å². The van der Waals surface area contributed by atoms with E-state index in [0.717, 1.165) is 0 Å². The molecule has 1 aliphatic carbocycles. The summed E-state index contributed by atoms with van der Waals surface area (Å²) in [7, 11) is 1.57. The number of benzene rings is 1. The van der Waals surface area contributed by atoms with Gasteiger partial charge >= 0.3 is 0 Å². The van der Waals surface area contributed by atoms with Crippen LogP contribution in [-0.2, 0) is 5.88 Å². The predicted molar refractivity (Wildman–Crippen MR) is 71.9 cm³/mol. The van der Waals surface area contributed by atoms with Gasteiger partial charge in [0.1, 0.15) is 11.5 Å². The van der Waals surface area contributed by atoms with Gasteiger partial charge in [-0.1, -0.05) is 38.5 Å². The topological polar surface area (TPSA) is 29.5 Å². The summed E-state index contributed by atoms with van der Waals surface area (Å²) < 4.78 is 4.94. The van der Waals surface area contributed by atoms with E-state index in [4.69, 9.17) is 16.3 Å². The molecule has 1 aromatic carbocycles. The van der Waals surface area contributed by atoms with E-state index in [2.05, 4.69) is 0 Å². The largest absolute Gasteiger partial charge is 0.508 e. The quantitative estimate of drug-likeness (QED) is 0.791. The lowest BCUT2D eigenvalue weighted by Crippen LogP contribution is -1.85. The number of alkyl halides is 1. The van der Waals surface area contributed by atoms with Crippen LogP contribution in [0.4, 0.5) is 0 Å². The van der Waals surface area contributed by atoms with Gasteiger partial charge in [0.05, 0.1) is 13.0 Å². The van der Waals surface area contributed by atoms with E-state index in [1.807, 2.05) is 0 Å². The van der Waals surface area contributed by atoms with Crippen LogP contribution in [0.3, 0.4) is 0 Å². The minimum absolute atomic E-state index is 0.209. The zero-order chi connectivity index (χ0) is 12.5. The van der Waals surface area contributed by atoms with Gasteiger partial charge in [0, 0.05) is 5.56 Å². The molecule has 0 heterocycles. The number of hydrogen-bond donors (Lipinski definition) is 1. The van der Waals surface area contributed by atoms with Crippen LogP contribution in [0.15, 0.2) is 18.2 Å². The SMILES string of the molecule is C1CCCCC1.COc1ccc(O)c(CCl)c1. The van der Waals surface area contributed by atoms with Crippen molar-refractivity contribution >= 4 is 11.6 Å². The normalized spacial score (nSPS) is 14.7. The van der Waals surface area contributed by atoms with Crippen LogP contribution in [-0.4, -0.2) is 12.2 Å². The average molecular weight is 257 g/mol. The molecule has 2 nitrogen and oxygen atoms in total. The molecule has 0 aromatic heterocycles. The van der Waals surface area contributed by atoms with Gasteiger partial charge in [0.25, 0.3) is 0 Å². The zero-order valence-corrected chi connectivity index (χ0v) is 11.2. The first-order chi connectivity index (χ1) is 8.27. The molecule has 0 unspecified atom stereocenters. The maximum atomic E-state index is 9.19. The molecule has 0 bridgehead atoms. The Kier molecular flexibility index (Phi) is 6.87. The third-order valence-corrected chi connectivity index (χ3v) is 3.22. The summed E-state index contributed by atoms with van der Waals surface area (Å²) in [6.07, 6.45) is 9.00. The van der Waals surface area contributed by atoms with Crippen molar-refractivity contribution in [2.75, 3.05) is 7.11 Å². The van der Waals surface area contributed by atoms with E-state index in [1.54, 1.807) is 25.3 Å². The van der Waals surface area contributed by atoms with Crippen molar-refractivity contribution in [1.29, 1.82) is 0 Å². The summed E-state index contributed by atoms with van der Waals surface area (Å²) in [5.74, 6) is 1.21. The summed E-state index contributed by atoms with van der Waals surface area (Å²) in [6.45, 7) is 0. The van der Waals surface area contributed by atoms with Crippen LogP contribution in [0.25, 0.3) is 0 Å². The number of ether oxygens (including phenoxy) is 1. The highest BCUT2D eigenvalue weighted by molar-refractivity contribution is 6.17. The third-order valence-electron chi connectivity index (χ3n) is 2.93. The Bertz CT molecular complexity index is 310. The van der Waals surface area contributed by atoms with Gasteiger partial charge in [-0.3, -0.25) is 0 Å². The molecule has 0 saturated heterocycles.